The average Bonchev–Trinajstić information content (AvgIpc) is 3.09. The molecular weight excluding hydrogens is 230 g/mol. The Balaban J connectivity index is 1.64. The smallest absolute Gasteiger partial charge is 0.107 e. The molecule has 94 valence electrons. The summed E-state index contributed by atoms with van der Waals surface area (Å²) in [6, 6.07) is 1.42. The third kappa shape index (κ3) is 2.69. The van der Waals surface area contributed by atoms with Crippen LogP contribution in [0.25, 0.3) is 0 Å². The summed E-state index contributed by atoms with van der Waals surface area (Å²) in [5, 5.41) is 7.08. The number of thiazole rings is 1. The van der Waals surface area contributed by atoms with Crippen LogP contribution in [-0.4, -0.2) is 35.1 Å². The zero-order valence-electron chi connectivity index (χ0n) is 10.4. The molecule has 3 rings (SSSR count). The Kier molecular flexibility index (Phi) is 3.45. The fourth-order valence-electron chi connectivity index (χ4n) is 2.80. The van der Waals surface area contributed by atoms with Crippen molar-refractivity contribution in [2.45, 2.75) is 44.8 Å². The first-order valence-corrected chi connectivity index (χ1v) is 7.60. The summed E-state index contributed by atoms with van der Waals surface area (Å²) < 4.78 is 0. The third-order valence-corrected chi connectivity index (χ3v) is 4.81. The highest BCUT2D eigenvalue weighted by Gasteiger charge is 2.36. The zero-order valence-corrected chi connectivity index (χ0v) is 11.2. The van der Waals surface area contributed by atoms with Crippen molar-refractivity contribution in [1.82, 2.24) is 15.2 Å². The molecule has 2 atom stereocenters. The second-order valence-electron chi connectivity index (χ2n) is 5.27. The summed E-state index contributed by atoms with van der Waals surface area (Å²) in [6.07, 6.45) is 6.01. The van der Waals surface area contributed by atoms with Crippen molar-refractivity contribution < 1.29 is 0 Å². The van der Waals surface area contributed by atoms with Gasteiger partial charge in [0.2, 0.25) is 0 Å². The molecule has 1 aliphatic carbocycles. The van der Waals surface area contributed by atoms with Gasteiger partial charge in [0.1, 0.15) is 5.01 Å². The van der Waals surface area contributed by atoms with Crippen molar-refractivity contribution >= 4 is 11.3 Å². The highest BCUT2D eigenvalue weighted by Crippen LogP contribution is 2.34. The van der Waals surface area contributed by atoms with Crippen LogP contribution >= 0.6 is 11.3 Å². The van der Waals surface area contributed by atoms with Crippen molar-refractivity contribution in [3.05, 3.63) is 16.6 Å². The van der Waals surface area contributed by atoms with Crippen LogP contribution in [0.1, 0.15) is 31.2 Å². The van der Waals surface area contributed by atoms with E-state index in [1.807, 2.05) is 6.20 Å². The van der Waals surface area contributed by atoms with Gasteiger partial charge in [-0.1, -0.05) is 6.92 Å². The SMILES string of the molecule is CCC1CNC(C2CC2)CN1Cc1nccs1. The topological polar surface area (TPSA) is 28.2 Å². The van der Waals surface area contributed by atoms with Crippen LogP contribution in [-0.2, 0) is 6.54 Å². The fraction of sp³-hybridized carbons (Fsp3) is 0.769. The summed E-state index contributed by atoms with van der Waals surface area (Å²) in [4.78, 5) is 7.06. The Morgan fingerprint density at radius 3 is 3.06 bits per heavy atom. The van der Waals surface area contributed by atoms with Crippen LogP contribution in [0.2, 0.25) is 0 Å². The van der Waals surface area contributed by atoms with Crippen molar-refractivity contribution in [3.8, 4) is 0 Å². The number of aromatic nitrogens is 1. The Hall–Kier alpha value is -0.450. The lowest BCUT2D eigenvalue weighted by Gasteiger charge is -2.40. The second kappa shape index (κ2) is 5.04. The minimum Gasteiger partial charge on any atom is -0.311 e. The molecule has 0 bridgehead atoms. The average molecular weight is 251 g/mol. The van der Waals surface area contributed by atoms with E-state index in [9.17, 15) is 0 Å². The molecule has 2 unspecified atom stereocenters. The van der Waals surface area contributed by atoms with E-state index < -0.39 is 0 Å². The molecule has 0 spiro atoms. The maximum absolute atomic E-state index is 4.42. The van der Waals surface area contributed by atoms with Crippen LogP contribution in [0.3, 0.4) is 0 Å². The van der Waals surface area contributed by atoms with Gasteiger partial charge in [-0.2, -0.15) is 0 Å². The fourth-order valence-corrected chi connectivity index (χ4v) is 3.44. The molecule has 0 radical (unpaired) electrons. The van der Waals surface area contributed by atoms with Gasteiger partial charge in [-0.05, 0) is 25.2 Å². The van der Waals surface area contributed by atoms with Gasteiger partial charge in [-0.25, -0.2) is 4.98 Å². The zero-order chi connectivity index (χ0) is 11.7. The lowest BCUT2D eigenvalue weighted by molar-refractivity contribution is 0.111. The molecule has 1 aliphatic heterocycles. The van der Waals surface area contributed by atoms with Crippen molar-refractivity contribution in [2.24, 2.45) is 5.92 Å². The number of hydrogen-bond acceptors (Lipinski definition) is 4. The molecule has 1 aromatic heterocycles. The molecule has 3 nitrogen and oxygen atoms in total. The van der Waals surface area contributed by atoms with Gasteiger partial charge in [-0.15, -0.1) is 11.3 Å². The minimum atomic E-state index is 0.689. The molecule has 2 aliphatic rings. The van der Waals surface area contributed by atoms with Crippen molar-refractivity contribution in [3.63, 3.8) is 0 Å². The Bertz CT molecular complexity index is 348. The van der Waals surface area contributed by atoms with E-state index in [0.29, 0.717) is 6.04 Å². The first-order chi connectivity index (χ1) is 8.36. The van der Waals surface area contributed by atoms with E-state index in [1.165, 1.54) is 30.8 Å². The monoisotopic (exact) mass is 251 g/mol. The molecular formula is C13H21N3S. The van der Waals surface area contributed by atoms with Crippen LogP contribution in [0.5, 0.6) is 0 Å². The molecule has 1 saturated carbocycles. The summed E-state index contributed by atoms with van der Waals surface area (Å²) in [6.45, 7) is 5.70. The van der Waals surface area contributed by atoms with E-state index in [2.05, 4.69) is 27.5 Å². The molecule has 1 N–H and O–H groups in total. The molecule has 2 heterocycles. The number of nitrogens with zero attached hydrogens (tertiary/aromatic N) is 2. The lowest BCUT2D eigenvalue weighted by Crippen LogP contribution is -2.56. The predicted molar refractivity (Wildman–Crippen MR) is 71.1 cm³/mol. The van der Waals surface area contributed by atoms with Gasteiger partial charge in [-0.3, -0.25) is 4.90 Å². The van der Waals surface area contributed by atoms with Gasteiger partial charge >= 0.3 is 0 Å². The quantitative estimate of drug-likeness (QED) is 0.888. The number of nitrogens with one attached hydrogen (secondary N) is 1. The van der Waals surface area contributed by atoms with Gasteiger partial charge in [0.05, 0.1) is 6.54 Å². The number of piperazine rings is 1. The molecule has 17 heavy (non-hydrogen) atoms. The molecule has 1 saturated heterocycles. The Labute approximate surface area is 107 Å². The highest BCUT2D eigenvalue weighted by molar-refractivity contribution is 7.09. The number of hydrogen-bond donors (Lipinski definition) is 1. The van der Waals surface area contributed by atoms with Crippen molar-refractivity contribution in [2.75, 3.05) is 13.1 Å². The Morgan fingerprint density at radius 1 is 1.53 bits per heavy atom. The second-order valence-corrected chi connectivity index (χ2v) is 6.25. The van der Waals surface area contributed by atoms with Gasteiger partial charge < -0.3 is 5.32 Å². The normalized spacial score (nSPS) is 30.6. The molecule has 0 aromatic carbocycles. The van der Waals surface area contributed by atoms with Crippen LogP contribution in [0.4, 0.5) is 0 Å². The maximum Gasteiger partial charge on any atom is 0.107 e. The van der Waals surface area contributed by atoms with Gasteiger partial charge in [0.25, 0.3) is 0 Å². The summed E-state index contributed by atoms with van der Waals surface area (Å²) in [5.74, 6) is 0.951. The van der Waals surface area contributed by atoms with Crippen LogP contribution in [0, 0.1) is 5.92 Å². The third-order valence-electron chi connectivity index (χ3n) is 4.05. The highest BCUT2D eigenvalue weighted by atomic mass is 32.1. The summed E-state index contributed by atoms with van der Waals surface area (Å²) in [7, 11) is 0. The molecule has 2 fully saturated rings. The molecule has 0 amide bonds. The van der Waals surface area contributed by atoms with E-state index in [0.717, 1.165) is 25.0 Å². The summed E-state index contributed by atoms with van der Waals surface area (Å²) in [5.41, 5.74) is 0. The molecule has 1 aromatic rings. The predicted octanol–water partition coefficient (Wildman–Crippen LogP) is 2.11. The van der Waals surface area contributed by atoms with Crippen LogP contribution in [0.15, 0.2) is 11.6 Å². The van der Waals surface area contributed by atoms with E-state index in [-0.39, 0.29) is 0 Å². The minimum absolute atomic E-state index is 0.689. The van der Waals surface area contributed by atoms with E-state index in [4.69, 9.17) is 0 Å². The standard InChI is InChI=1S/C13H21N3S/c1-2-11-7-15-12(10-3-4-10)8-16(11)9-13-14-5-6-17-13/h5-6,10-12,15H,2-4,7-9H2,1H3. The Morgan fingerprint density at radius 2 is 2.41 bits per heavy atom. The van der Waals surface area contributed by atoms with E-state index >= 15 is 0 Å². The lowest BCUT2D eigenvalue weighted by atomic mass is 10.0. The largest absolute Gasteiger partial charge is 0.311 e. The van der Waals surface area contributed by atoms with E-state index in [1.54, 1.807) is 11.3 Å². The van der Waals surface area contributed by atoms with Gasteiger partial charge in [0.15, 0.2) is 0 Å². The first-order valence-electron chi connectivity index (χ1n) is 6.72. The maximum atomic E-state index is 4.42. The summed E-state index contributed by atoms with van der Waals surface area (Å²) >= 11 is 1.78. The van der Waals surface area contributed by atoms with Crippen LogP contribution < -0.4 is 5.32 Å². The number of rotatable bonds is 4. The first kappa shape index (κ1) is 11.6. The van der Waals surface area contributed by atoms with Gasteiger partial charge in [0, 0.05) is 36.8 Å². The molecule has 4 heteroatoms. The van der Waals surface area contributed by atoms with Crippen molar-refractivity contribution in [1.29, 1.82) is 0 Å².